The second kappa shape index (κ2) is 8.44. The average molecular weight is 506 g/mol. The summed E-state index contributed by atoms with van der Waals surface area (Å²) in [5.41, 5.74) is -0.417. The Morgan fingerprint density at radius 1 is 1.21 bits per heavy atom. The zero-order valence-corrected chi connectivity index (χ0v) is 18.9. The lowest BCUT2D eigenvalue weighted by molar-refractivity contribution is -0.163. The Bertz CT molecular complexity index is 981. The van der Waals surface area contributed by atoms with Gasteiger partial charge in [0.25, 0.3) is 5.91 Å². The molecule has 12 heteroatoms. The molecule has 186 valence electrons. The summed E-state index contributed by atoms with van der Waals surface area (Å²) in [6.07, 6.45) is -3.03. The number of halogens is 5. The van der Waals surface area contributed by atoms with Gasteiger partial charge in [-0.25, -0.2) is 9.18 Å². The van der Waals surface area contributed by atoms with Gasteiger partial charge in [-0.2, -0.15) is 13.2 Å². The summed E-state index contributed by atoms with van der Waals surface area (Å²) in [5.74, 6) is -0.641. The van der Waals surface area contributed by atoms with Crippen LogP contribution in [0.1, 0.15) is 19.3 Å². The molecule has 0 radical (unpaired) electrons. The number of carbonyl (C=O) groups is 2. The first-order chi connectivity index (χ1) is 16.0. The van der Waals surface area contributed by atoms with Crippen molar-refractivity contribution < 1.29 is 36.6 Å². The molecule has 2 aliphatic heterocycles. The van der Waals surface area contributed by atoms with Gasteiger partial charge in [0.05, 0.1) is 18.1 Å². The van der Waals surface area contributed by atoms with E-state index < -0.39 is 36.3 Å². The third-order valence-electron chi connectivity index (χ3n) is 7.29. The molecule has 3 aliphatic carbocycles. The first-order valence-electron chi connectivity index (χ1n) is 11.2. The first-order valence-corrected chi connectivity index (χ1v) is 11.5. The molecule has 6 rings (SSSR count). The Morgan fingerprint density at radius 3 is 2.62 bits per heavy atom. The van der Waals surface area contributed by atoms with Crippen LogP contribution in [0.4, 0.5) is 22.4 Å². The van der Waals surface area contributed by atoms with Gasteiger partial charge in [-0.3, -0.25) is 9.69 Å². The van der Waals surface area contributed by atoms with Crippen molar-refractivity contribution in [3.8, 4) is 5.75 Å². The van der Waals surface area contributed by atoms with Crippen LogP contribution in [-0.2, 0) is 9.53 Å². The molecule has 2 heterocycles. The van der Waals surface area contributed by atoms with E-state index in [1.807, 2.05) is 0 Å². The fourth-order valence-electron chi connectivity index (χ4n) is 5.76. The number of rotatable bonds is 7. The maximum atomic E-state index is 13.5. The maximum absolute atomic E-state index is 13.5. The third kappa shape index (κ3) is 4.64. The van der Waals surface area contributed by atoms with Gasteiger partial charge >= 0.3 is 12.3 Å². The predicted molar refractivity (Wildman–Crippen MR) is 112 cm³/mol. The molecule has 2 atom stereocenters. The highest BCUT2D eigenvalue weighted by molar-refractivity contribution is 6.30. The molecule has 1 aromatic rings. The second-order valence-corrected chi connectivity index (χ2v) is 10.2. The van der Waals surface area contributed by atoms with E-state index in [9.17, 15) is 27.2 Å². The first kappa shape index (κ1) is 23.5. The lowest BCUT2D eigenvalue weighted by Crippen LogP contribution is -2.55. The van der Waals surface area contributed by atoms with Crippen LogP contribution in [0.3, 0.4) is 0 Å². The Balaban J connectivity index is 1.09. The monoisotopic (exact) mass is 505 g/mol. The number of amides is 2. The molecule has 2 bridgehead atoms. The summed E-state index contributed by atoms with van der Waals surface area (Å²) in [5, 5.41) is 2.96. The largest absolute Gasteiger partial charge is 0.484 e. The van der Waals surface area contributed by atoms with Gasteiger partial charge in [-0.15, -0.1) is 0 Å². The van der Waals surface area contributed by atoms with Crippen LogP contribution in [0.15, 0.2) is 18.2 Å². The molecule has 7 nitrogen and oxygen atoms in total. The van der Waals surface area contributed by atoms with Crippen LogP contribution in [-0.4, -0.2) is 78.4 Å². The van der Waals surface area contributed by atoms with Gasteiger partial charge < -0.3 is 19.7 Å². The summed E-state index contributed by atoms with van der Waals surface area (Å²) in [6.45, 7) is -0.340. The van der Waals surface area contributed by atoms with E-state index in [-0.39, 0.29) is 54.3 Å². The molecule has 1 aromatic carbocycles. The molecular weight excluding hydrogens is 482 g/mol. The predicted octanol–water partition coefficient (Wildman–Crippen LogP) is 3.21. The van der Waals surface area contributed by atoms with Crippen molar-refractivity contribution in [3.63, 3.8) is 0 Å². The zero-order valence-electron chi connectivity index (χ0n) is 18.1. The molecule has 0 aromatic heterocycles. The smallest absolute Gasteiger partial charge is 0.410 e. The van der Waals surface area contributed by atoms with E-state index >= 15 is 0 Å². The van der Waals surface area contributed by atoms with Crippen LogP contribution in [0, 0.1) is 17.7 Å². The van der Waals surface area contributed by atoms with Crippen molar-refractivity contribution in [1.82, 2.24) is 15.1 Å². The summed E-state index contributed by atoms with van der Waals surface area (Å²) < 4.78 is 61.9. The Labute approximate surface area is 198 Å². The number of nitrogens with one attached hydrogen (secondary N) is 1. The van der Waals surface area contributed by atoms with Gasteiger partial charge in [-0.1, -0.05) is 11.6 Å². The minimum absolute atomic E-state index is 0.0354. The molecule has 5 fully saturated rings. The van der Waals surface area contributed by atoms with Crippen molar-refractivity contribution in [2.75, 3.05) is 32.8 Å². The summed E-state index contributed by atoms with van der Waals surface area (Å²) in [6, 6.07) is 3.86. The number of nitrogens with zero attached hydrogens (tertiary/aromatic N) is 2. The highest BCUT2D eigenvalue weighted by Crippen LogP contribution is 2.54. The lowest BCUT2D eigenvalue weighted by atomic mass is 9.76. The van der Waals surface area contributed by atoms with E-state index in [0.29, 0.717) is 13.0 Å². The standard InChI is InChI=1S/C22H24ClF4N3O4/c23-15-2-1-14(3-16(15)24)33-10-19(31)28-21-4-12(5-21)17(6-21)30-9-18(34-20(30)32)13-7-29(8-13)11-22(25,26)27/h1-3,12-13,17-18H,4-11H2,(H,28,31)/t12?,17-,18?,21?/m1/s1. The van der Waals surface area contributed by atoms with Gasteiger partial charge in [0, 0.05) is 36.7 Å². The molecule has 5 aliphatic rings. The number of likely N-dealkylation sites (tertiary alicyclic amines) is 1. The van der Waals surface area contributed by atoms with Crippen molar-refractivity contribution in [2.45, 2.75) is 43.1 Å². The number of alkyl halides is 3. The van der Waals surface area contributed by atoms with Gasteiger partial charge in [-0.05, 0) is 37.3 Å². The number of benzene rings is 1. The van der Waals surface area contributed by atoms with Crippen LogP contribution in [0.25, 0.3) is 0 Å². The normalized spacial score (nSPS) is 31.1. The quantitative estimate of drug-likeness (QED) is 0.576. The topological polar surface area (TPSA) is 71.1 Å². The minimum atomic E-state index is -4.23. The molecule has 1 N–H and O–H groups in total. The van der Waals surface area contributed by atoms with E-state index in [1.165, 1.54) is 17.0 Å². The summed E-state index contributed by atoms with van der Waals surface area (Å²) in [7, 11) is 0. The fraction of sp³-hybridized carbons (Fsp3) is 0.636. The molecule has 0 spiro atoms. The van der Waals surface area contributed by atoms with Crippen LogP contribution < -0.4 is 10.1 Å². The number of fused-ring (bicyclic) bond motifs is 1. The van der Waals surface area contributed by atoms with Crippen LogP contribution in [0.2, 0.25) is 5.02 Å². The lowest BCUT2D eigenvalue weighted by Gasteiger charge is -2.41. The van der Waals surface area contributed by atoms with E-state index in [4.69, 9.17) is 21.1 Å². The van der Waals surface area contributed by atoms with Crippen LogP contribution >= 0.6 is 11.6 Å². The Hall–Kier alpha value is -2.27. The maximum Gasteiger partial charge on any atom is 0.410 e. The van der Waals surface area contributed by atoms with Crippen molar-refractivity contribution in [1.29, 1.82) is 0 Å². The molecule has 34 heavy (non-hydrogen) atoms. The fourth-order valence-corrected chi connectivity index (χ4v) is 5.88. The van der Waals surface area contributed by atoms with Crippen molar-refractivity contribution in [2.24, 2.45) is 11.8 Å². The third-order valence-corrected chi connectivity index (χ3v) is 7.60. The number of ether oxygens (including phenoxy) is 2. The van der Waals surface area contributed by atoms with E-state index in [2.05, 4.69) is 5.32 Å². The average Bonchev–Trinajstić information content (AvgIpc) is 3.35. The minimum Gasteiger partial charge on any atom is -0.484 e. The highest BCUT2D eigenvalue weighted by atomic mass is 35.5. The van der Waals surface area contributed by atoms with Gasteiger partial charge in [0.1, 0.15) is 17.7 Å². The number of hydrogen-bond donors (Lipinski definition) is 1. The van der Waals surface area contributed by atoms with Gasteiger partial charge in [0.15, 0.2) is 6.61 Å². The summed E-state index contributed by atoms with van der Waals surface area (Å²) >= 11 is 5.64. The highest BCUT2D eigenvalue weighted by Gasteiger charge is 2.60. The SMILES string of the molecule is O=C(COc1ccc(Cl)c(F)c1)NC12CC(C1)[C@H](N1CC(C3CN(CC(F)(F)F)C3)OC1=O)C2. The molecule has 3 saturated carbocycles. The van der Waals surface area contributed by atoms with Crippen LogP contribution in [0.5, 0.6) is 5.75 Å². The van der Waals surface area contributed by atoms with Crippen molar-refractivity contribution >= 4 is 23.6 Å². The van der Waals surface area contributed by atoms with Crippen molar-refractivity contribution in [3.05, 3.63) is 29.0 Å². The zero-order chi connectivity index (χ0) is 24.3. The second-order valence-electron chi connectivity index (χ2n) is 9.78. The Kier molecular flexibility index (Phi) is 5.83. The van der Waals surface area contributed by atoms with E-state index in [0.717, 1.165) is 18.9 Å². The molecule has 1 unspecified atom stereocenters. The summed E-state index contributed by atoms with van der Waals surface area (Å²) in [4.78, 5) is 27.9. The number of carbonyl (C=O) groups excluding carboxylic acids is 2. The number of hydrogen-bond acceptors (Lipinski definition) is 5. The van der Waals surface area contributed by atoms with Gasteiger partial charge in [0.2, 0.25) is 0 Å². The number of cyclic esters (lactones) is 1. The molecular formula is C22H24ClF4N3O4. The Morgan fingerprint density at radius 2 is 1.94 bits per heavy atom. The molecule has 2 amide bonds. The van der Waals surface area contributed by atoms with E-state index in [1.54, 1.807) is 4.90 Å². The molecule has 2 saturated heterocycles.